The Kier molecular flexibility index (Phi) is 6.30. The fraction of sp³-hybridized carbons (Fsp3) is 0.111. The first-order chi connectivity index (χ1) is 12.8. The Labute approximate surface area is 175 Å². The average Bonchev–Trinajstić information content (AvgIpc) is 2.64. The molecule has 1 aromatic heterocycles. The van der Waals surface area contributed by atoms with E-state index >= 15 is 0 Å². The lowest BCUT2D eigenvalue weighted by molar-refractivity contribution is 0.548. The van der Waals surface area contributed by atoms with Crippen LogP contribution in [0.4, 0.5) is 0 Å². The number of benzene rings is 2. The number of nitrogens with one attached hydrogen (secondary N) is 1. The van der Waals surface area contributed by atoms with E-state index in [9.17, 15) is 13.2 Å². The minimum absolute atomic E-state index is 0.0469. The molecule has 140 valence electrons. The molecule has 9 heteroatoms. The van der Waals surface area contributed by atoms with E-state index in [1.807, 2.05) is 0 Å². The maximum Gasteiger partial charge on any atom is 0.266 e. The molecule has 0 fully saturated rings. The van der Waals surface area contributed by atoms with E-state index in [-0.39, 0.29) is 23.5 Å². The van der Waals surface area contributed by atoms with Crippen LogP contribution >= 0.6 is 34.2 Å². The largest absolute Gasteiger partial charge is 0.268 e. The smallest absolute Gasteiger partial charge is 0.266 e. The SMILES string of the molecule is O=c1ccc(-c2ccc(Cl)cc2)nn1CCNS(=O)(=O)c1ccc(I)cc1. The Morgan fingerprint density at radius 2 is 1.67 bits per heavy atom. The third-order valence-electron chi connectivity index (χ3n) is 3.75. The molecule has 0 bridgehead atoms. The Balaban J connectivity index is 1.72. The van der Waals surface area contributed by atoms with E-state index < -0.39 is 10.0 Å². The van der Waals surface area contributed by atoms with Crippen molar-refractivity contribution in [2.45, 2.75) is 11.4 Å². The highest BCUT2D eigenvalue weighted by atomic mass is 127. The lowest BCUT2D eigenvalue weighted by atomic mass is 10.1. The van der Waals surface area contributed by atoms with Crippen LogP contribution in [-0.4, -0.2) is 24.7 Å². The molecule has 3 rings (SSSR count). The van der Waals surface area contributed by atoms with E-state index in [0.29, 0.717) is 10.7 Å². The third kappa shape index (κ3) is 5.16. The number of aromatic nitrogens is 2. The molecule has 0 unspecified atom stereocenters. The molecule has 0 saturated carbocycles. The Bertz CT molecular complexity index is 1100. The molecule has 0 aliphatic heterocycles. The Hall–Kier alpha value is -1.75. The second kappa shape index (κ2) is 8.51. The van der Waals surface area contributed by atoms with Crippen molar-refractivity contribution in [2.24, 2.45) is 0 Å². The maximum atomic E-state index is 12.3. The van der Waals surface area contributed by atoms with Crippen molar-refractivity contribution < 1.29 is 8.42 Å². The lowest BCUT2D eigenvalue weighted by Crippen LogP contribution is -2.32. The molecule has 2 aromatic carbocycles. The average molecular weight is 516 g/mol. The number of hydrogen-bond acceptors (Lipinski definition) is 4. The second-order valence-corrected chi connectivity index (χ2v) is 9.09. The van der Waals surface area contributed by atoms with Crippen molar-refractivity contribution in [1.29, 1.82) is 0 Å². The fourth-order valence-corrected chi connectivity index (χ4v) is 3.87. The normalized spacial score (nSPS) is 11.5. The molecular formula is C18H15ClIN3O3S. The van der Waals surface area contributed by atoms with Crippen molar-refractivity contribution in [3.05, 3.63) is 79.6 Å². The third-order valence-corrected chi connectivity index (χ3v) is 6.19. The fourth-order valence-electron chi connectivity index (χ4n) is 2.37. The van der Waals surface area contributed by atoms with Crippen LogP contribution in [-0.2, 0) is 16.6 Å². The van der Waals surface area contributed by atoms with Gasteiger partial charge in [0.1, 0.15) is 0 Å². The number of rotatable bonds is 6. The van der Waals surface area contributed by atoms with Gasteiger partial charge in [-0.05, 0) is 65.1 Å². The zero-order valence-electron chi connectivity index (χ0n) is 14.0. The summed E-state index contributed by atoms with van der Waals surface area (Å²) in [5.41, 5.74) is 1.11. The van der Waals surface area contributed by atoms with Gasteiger partial charge in [-0.3, -0.25) is 4.79 Å². The predicted molar refractivity (Wildman–Crippen MR) is 113 cm³/mol. The molecule has 0 atom stereocenters. The van der Waals surface area contributed by atoms with Gasteiger partial charge in [0.2, 0.25) is 10.0 Å². The molecule has 0 aliphatic carbocycles. The molecule has 0 amide bonds. The maximum absolute atomic E-state index is 12.3. The quantitative estimate of drug-likeness (QED) is 0.512. The molecule has 3 aromatic rings. The molecular weight excluding hydrogens is 501 g/mol. The van der Waals surface area contributed by atoms with Gasteiger partial charge < -0.3 is 0 Å². The van der Waals surface area contributed by atoms with Gasteiger partial charge in [0.25, 0.3) is 5.56 Å². The van der Waals surface area contributed by atoms with Crippen LogP contribution in [0, 0.1) is 3.57 Å². The zero-order chi connectivity index (χ0) is 19.4. The molecule has 0 spiro atoms. The second-order valence-electron chi connectivity index (χ2n) is 5.64. The highest BCUT2D eigenvalue weighted by Gasteiger charge is 2.13. The van der Waals surface area contributed by atoms with E-state index in [0.717, 1.165) is 9.13 Å². The minimum atomic E-state index is -3.64. The standard InChI is InChI=1S/C18H15ClIN3O3S/c19-14-3-1-13(2-4-14)17-9-10-18(24)23(22-17)12-11-21-27(25,26)16-7-5-15(20)6-8-16/h1-10,21H,11-12H2. The Morgan fingerprint density at radius 3 is 2.33 bits per heavy atom. The summed E-state index contributed by atoms with van der Waals surface area (Å²) in [6.45, 7) is 0.162. The summed E-state index contributed by atoms with van der Waals surface area (Å²) in [6, 6.07) is 16.6. The van der Waals surface area contributed by atoms with Crippen LogP contribution < -0.4 is 10.3 Å². The van der Waals surface area contributed by atoms with Crippen molar-refractivity contribution in [2.75, 3.05) is 6.54 Å². The van der Waals surface area contributed by atoms with Crippen LogP contribution in [0.2, 0.25) is 5.02 Å². The molecule has 0 saturated heterocycles. The molecule has 6 nitrogen and oxygen atoms in total. The van der Waals surface area contributed by atoms with Crippen LogP contribution in [0.15, 0.2) is 70.4 Å². The summed E-state index contributed by atoms with van der Waals surface area (Å²) in [5, 5.41) is 4.91. The molecule has 0 radical (unpaired) electrons. The summed E-state index contributed by atoms with van der Waals surface area (Å²) < 4.78 is 29.3. The highest BCUT2D eigenvalue weighted by Crippen LogP contribution is 2.18. The zero-order valence-corrected chi connectivity index (χ0v) is 17.7. The van der Waals surface area contributed by atoms with Crippen LogP contribution in [0.5, 0.6) is 0 Å². The molecule has 0 aliphatic rings. The van der Waals surface area contributed by atoms with Crippen molar-refractivity contribution in [3.8, 4) is 11.3 Å². The van der Waals surface area contributed by atoms with Crippen molar-refractivity contribution in [3.63, 3.8) is 0 Å². The first-order valence-electron chi connectivity index (χ1n) is 7.94. The lowest BCUT2D eigenvalue weighted by Gasteiger charge is -2.09. The first kappa shape index (κ1) is 20.0. The molecule has 1 N–H and O–H groups in total. The summed E-state index contributed by atoms with van der Waals surface area (Å²) >= 11 is 7.99. The number of sulfonamides is 1. The van der Waals surface area contributed by atoms with Crippen LogP contribution in [0.25, 0.3) is 11.3 Å². The number of halogens is 2. The van der Waals surface area contributed by atoms with Gasteiger partial charge >= 0.3 is 0 Å². The van der Waals surface area contributed by atoms with E-state index in [1.54, 1.807) is 42.5 Å². The topological polar surface area (TPSA) is 81.1 Å². The minimum Gasteiger partial charge on any atom is -0.268 e. The van der Waals surface area contributed by atoms with Crippen LogP contribution in [0.1, 0.15) is 0 Å². The Morgan fingerprint density at radius 1 is 1.00 bits per heavy atom. The van der Waals surface area contributed by atoms with Gasteiger partial charge in [0, 0.05) is 26.8 Å². The van der Waals surface area contributed by atoms with E-state index in [4.69, 9.17) is 11.6 Å². The molecule has 1 heterocycles. The number of nitrogens with zero attached hydrogens (tertiary/aromatic N) is 2. The highest BCUT2D eigenvalue weighted by molar-refractivity contribution is 14.1. The van der Waals surface area contributed by atoms with Gasteiger partial charge in [-0.1, -0.05) is 23.7 Å². The summed E-state index contributed by atoms with van der Waals surface area (Å²) in [4.78, 5) is 12.2. The van der Waals surface area contributed by atoms with Crippen molar-refractivity contribution in [1.82, 2.24) is 14.5 Å². The van der Waals surface area contributed by atoms with Gasteiger partial charge in [0.15, 0.2) is 0 Å². The van der Waals surface area contributed by atoms with Gasteiger partial charge in [0.05, 0.1) is 17.1 Å². The number of hydrogen-bond donors (Lipinski definition) is 1. The monoisotopic (exact) mass is 515 g/mol. The summed E-state index contributed by atoms with van der Waals surface area (Å²) in [7, 11) is -3.64. The predicted octanol–water partition coefficient (Wildman–Crippen LogP) is 3.15. The summed E-state index contributed by atoms with van der Waals surface area (Å²) in [5.74, 6) is 0. The van der Waals surface area contributed by atoms with Crippen molar-refractivity contribution >= 4 is 44.2 Å². The van der Waals surface area contributed by atoms with Gasteiger partial charge in [-0.25, -0.2) is 17.8 Å². The van der Waals surface area contributed by atoms with Crippen LogP contribution in [0.3, 0.4) is 0 Å². The summed E-state index contributed by atoms with van der Waals surface area (Å²) in [6.07, 6.45) is 0. The van der Waals surface area contributed by atoms with E-state index in [2.05, 4.69) is 32.4 Å². The van der Waals surface area contributed by atoms with E-state index in [1.165, 1.54) is 22.9 Å². The first-order valence-corrected chi connectivity index (χ1v) is 10.9. The van der Waals surface area contributed by atoms with Gasteiger partial charge in [-0.2, -0.15) is 5.10 Å². The van der Waals surface area contributed by atoms with Gasteiger partial charge in [-0.15, -0.1) is 0 Å². The molecule has 27 heavy (non-hydrogen) atoms.